The molecule has 0 unspecified atom stereocenters. The Hall–Kier alpha value is -2.87. The van der Waals surface area contributed by atoms with E-state index < -0.39 is 15.9 Å². The molecular weight excluding hydrogens is 428 g/mol. The minimum atomic E-state index is -3.26. The van der Waals surface area contributed by atoms with Crippen LogP contribution in [0.1, 0.15) is 40.0 Å². The van der Waals surface area contributed by atoms with E-state index in [0.29, 0.717) is 35.5 Å². The van der Waals surface area contributed by atoms with Gasteiger partial charge in [0.1, 0.15) is 0 Å². The summed E-state index contributed by atoms with van der Waals surface area (Å²) in [6.07, 6.45) is 0.738. The minimum Gasteiger partial charge on any atom is -0.465 e. The molecule has 170 valence electrons. The zero-order chi connectivity index (χ0) is 23.2. The zero-order valence-electron chi connectivity index (χ0n) is 18.5. The Morgan fingerprint density at radius 1 is 1.03 bits per heavy atom. The summed E-state index contributed by atoms with van der Waals surface area (Å²) in [5.41, 5.74) is 2.58. The second-order valence-electron chi connectivity index (χ2n) is 9.08. The van der Waals surface area contributed by atoms with Crippen LogP contribution in [0.25, 0.3) is 11.1 Å². The lowest BCUT2D eigenvalue weighted by molar-refractivity contribution is -0.119. The highest BCUT2D eigenvalue weighted by Crippen LogP contribution is 2.40. The Bertz CT molecular complexity index is 1150. The molecule has 1 atom stereocenters. The third-order valence-electron chi connectivity index (χ3n) is 5.98. The third kappa shape index (κ3) is 4.11. The lowest BCUT2D eigenvalue weighted by atomic mass is 10.00. The van der Waals surface area contributed by atoms with Gasteiger partial charge in [-0.3, -0.25) is 9.69 Å². The molecule has 1 saturated carbocycles. The monoisotopic (exact) mass is 456 g/mol. The highest BCUT2D eigenvalue weighted by atomic mass is 32.2. The van der Waals surface area contributed by atoms with Crippen LogP contribution in [0.5, 0.6) is 0 Å². The van der Waals surface area contributed by atoms with Crippen LogP contribution in [0.3, 0.4) is 0 Å². The molecule has 0 radical (unpaired) electrons. The number of hydrogen-bond donors (Lipinski definition) is 1. The predicted molar refractivity (Wildman–Crippen MR) is 124 cm³/mol. The number of amides is 2. The van der Waals surface area contributed by atoms with E-state index in [0.717, 1.165) is 11.1 Å². The molecular formula is C24H28N2O5S. The van der Waals surface area contributed by atoms with Crippen LogP contribution in [-0.4, -0.2) is 43.4 Å². The van der Waals surface area contributed by atoms with E-state index in [1.807, 2.05) is 26.8 Å². The van der Waals surface area contributed by atoms with Crippen LogP contribution >= 0.6 is 0 Å². The largest absolute Gasteiger partial charge is 0.465 e. The van der Waals surface area contributed by atoms with E-state index in [1.165, 1.54) is 4.90 Å². The maximum absolute atomic E-state index is 12.9. The van der Waals surface area contributed by atoms with Crippen molar-refractivity contribution in [1.82, 2.24) is 0 Å². The Labute approximate surface area is 188 Å². The van der Waals surface area contributed by atoms with E-state index in [-0.39, 0.29) is 29.7 Å². The number of rotatable bonds is 5. The van der Waals surface area contributed by atoms with E-state index in [2.05, 4.69) is 0 Å². The topological polar surface area (TPSA) is 95.0 Å². The molecule has 1 heterocycles. The number of sulfone groups is 1. The van der Waals surface area contributed by atoms with Gasteiger partial charge in [0.15, 0.2) is 9.84 Å². The molecule has 2 aromatic rings. The molecule has 1 aliphatic heterocycles. The van der Waals surface area contributed by atoms with Gasteiger partial charge in [-0.05, 0) is 61.1 Å². The molecule has 0 saturated heterocycles. The Balaban J connectivity index is 1.72. The van der Waals surface area contributed by atoms with Gasteiger partial charge in [0.05, 0.1) is 27.6 Å². The molecule has 2 aromatic carbocycles. The maximum atomic E-state index is 12.9. The van der Waals surface area contributed by atoms with Crippen LogP contribution in [-0.2, 0) is 14.6 Å². The first-order valence-corrected chi connectivity index (χ1v) is 12.4. The van der Waals surface area contributed by atoms with E-state index >= 15 is 0 Å². The number of carbonyl (C=O) groups excluding carboxylic acids is 1. The van der Waals surface area contributed by atoms with Crippen molar-refractivity contribution in [2.45, 2.75) is 56.2 Å². The third-order valence-corrected chi connectivity index (χ3v) is 8.25. The summed E-state index contributed by atoms with van der Waals surface area (Å²) in [6.45, 7) is 6.00. The van der Waals surface area contributed by atoms with E-state index in [4.69, 9.17) is 0 Å². The molecule has 0 aromatic heterocycles. The number of anilines is 2. The number of carbonyl (C=O) groups is 2. The summed E-state index contributed by atoms with van der Waals surface area (Å²) < 4.78 is 24.9. The molecule has 2 amide bonds. The summed E-state index contributed by atoms with van der Waals surface area (Å²) in [7, 11) is -3.26. The zero-order valence-corrected chi connectivity index (χ0v) is 19.3. The van der Waals surface area contributed by atoms with E-state index in [1.54, 1.807) is 41.3 Å². The average Bonchev–Trinajstić information content (AvgIpc) is 3.58. The maximum Gasteiger partial charge on any atom is 0.411 e. The van der Waals surface area contributed by atoms with Gasteiger partial charge in [0.2, 0.25) is 5.91 Å². The van der Waals surface area contributed by atoms with Gasteiger partial charge < -0.3 is 10.0 Å². The second-order valence-corrected chi connectivity index (χ2v) is 11.3. The minimum absolute atomic E-state index is 0.0267. The highest BCUT2D eigenvalue weighted by molar-refractivity contribution is 7.92. The van der Waals surface area contributed by atoms with Crippen molar-refractivity contribution in [3.05, 3.63) is 42.5 Å². The predicted octanol–water partition coefficient (Wildman–Crippen LogP) is 4.56. The van der Waals surface area contributed by atoms with Crippen molar-refractivity contribution in [2.24, 2.45) is 5.92 Å². The summed E-state index contributed by atoms with van der Waals surface area (Å²) in [6, 6.07) is 11.8. The molecule has 0 bridgehead atoms. The lowest BCUT2D eigenvalue weighted by Gasteiger charge is -2.40. The van der Waals surface area contributed by atoms with Gasteiger partial charge >= 0.3 is 6.09 Å². The Morgan fingerprint density at radius 3 is 2.22 bits per heavy atom. The fourth-order valence-electron chi connectivity index (χ4n) is 4.22. The SMILES string of the molecule is CC(C)CC(=O)N1c2ccc(-c3ccc(S(=O)(=O)C4CC4)cc3)cc2N(C(=O)O)C[C@@H]1C. The molecule has 0 spiro atoms. The van der Waals surface area contributed by atoms with Gasteiger partial charge in [-0.2, -0.15) is 0 Å². The number of benzene rings is 2. The fraction of sp³-hybridized carbons (Fsp3) is 0.417. The van der Waals surface area contributed by atoms with Crippen molar-refractivity contribution >= 4 is 33.2 Å². The first kappa shape index (κ1) is 22.3. The second kappa shape index (κ2) is 8.24. The fourth-order valence-corrected chi connectivity index (χ4v) is 5.88. The Morgan fingerprint density at radius 2 is 1.66 bits per heavy atom. The number of hydrogen-bond acceptors (Lipinski definition) is 4. The van der Waals surface area contributed by atoms with Gasteiger partial charge in [0, 0.05) is 13.0 Å². The van der Waals surface area contributed by atoms with Gasteiger partial charge in [-0.25, -0.2) is 13.2 Å². The van der Waals surface area contributed by atoms with Crippen LogP contribution in [0.4, 0.5) is 16.2 Å². The van der Waals surface area contributed by atoms with E-state index in [9.17, 15) is 23.1 Å². The molecule has 4 rings (SSSR count). The molecule has 1 N–H and O–H groups in total. The summed E-state index contributed by atoms with van der Waals surface area (Å²) in [5.74, 6) is 0.168. The highest BCUT2D eigenvalue weighted by Gasteiger charge is 2.37. The first-order valence-electron chi connectivity index (χ1n) is 10.9. The molecule has 1 aliphatic carbocycles. The van der Waals surface area contributed by atoms with Crippen LogP contribution in [0.2, 0.25) is 0 Å². The first-order chi connectivity index (χ1) is 15.1. The van der Waals surface area contributed by atoms with Crippen LogP contribution in [0, 0.1) is 5.92 Å². The summed E-state index contributed by atoms with van der Waals surface area (Å²) in [5, 5.41) is 9.51. The standard InChI is InChI=1S/C24H28N2O5S/c1-15(2)12-23(27)26-16(3)14-25(24(28)29)22-13-18(6-11-21(22)26)17-4-7-19(8-5-17)32(30,31)20-9-10-20/h4-8,11,13,15-16,20H,9-10,12,14H2,1-3H3,(H,28,29)/t16-/m0/s1. The van der Waals surface area contributed by atoms with Crippen LogP contribution < -0.4 is 9.80 Å². The number of fused-ring (bicyclic) bond motifs is 1. The molecule has 2 aliphatic rings. The molecule has 8 heteroatoms. The van der Waals surface area contributed by atoms with Crippen molar-refractivity contribution < 1.29 is 23.1 Å². The normalized spacial score (nSPS) is 18.6. The molecule has 7 nitrogen and oxygen atoms in total. The Kier molecular flexibility index (Phi) is 5.75. The number of carboxylic acid groups (broad SMARTS) is 1. The molecule has 1 fully saturated rings. The average molecular weight is 457 g/mol. The van der Waals surface area contributed by atoms with Crippen molar-refractivity contribution in [1.29, 1.82) is 0 Å². The summed E-state index contributed by atoms with van der Waals surface area (Å²) >= 11 is 0. The summed E-state index contributed by atoms with van der Waals surface area (Å²) in [4.78, 5) is 28.1. The van der Waals surface area contributed by atoms with Gasteiger partial charge in [-0.1, -0.05) is 32.0 Å². The van der Waals surface area contributed by atoms with Crippen molar-refractivity contribution in [3.8, 4) is 11.1 Å². The van der Waals surface area contributed by atoms with Gasteiger partial charge in [0.25, 0.3) is 0 Å². The van der Waals surface area contributed by atoms with Crippen molar-refractivity contribution in [3.63, 3.8) is 0 Å². The lowest BCUT2D eigenvalue weighted by Crippen LogP contribution is -2.51. The molecule has 32 heavy (non-hydrogen) atoms. The number of nitrogens with zero attached hydrogens (tertiary/aromatic N) is 2. The van der Waals surface area contributed by atoms with Gasteiger partial charge in [-0.15, -0.1) is 0 Å². The smallest absolute Gasteiger partial charge is 0.411 e. The quantitative estimate of drug-likeness (QED) is 0.712. The van der Waals surface area contributed by atoms with Crippen molar-refractivity contribution in [2.75, 3.05) is 16.3 Å². The van der Waals surface area contributed by atoms with Crippen LogP contribution in [0.15, 0.2) is 47.4 Å².